The van der Waals surface area contributed by atoms with E-state index in [-0.39, 0.29) is 6.61 Å². The molecule has 3 heteroatoms. The molecule has 2 unspecified atom stereocenters. The first-order chi connectivity index (χ1) is 8.72. The Kier molecular flexibility index (Phi) is 4.61. The zero-order chi connectivity index (χ0) is 13.0. The van der Waals surface area contributed by atoms with Crippen molar-refractivity contribution in [3.63, 3.8) is 0 Å². The number of fused-ring (bicyclic) bond motifs is 1. The molecule has 2 atom stereocenters. The predicted molar refractivity (Wildman–Crippen MR) is 72.8 cm³/mol. The van der Waals surface area contributed by atoms with Crippen molar-refractivity contribution in [3.8, 4) is 5.75 Å². The quantitative estimate of drug-likeness (QED) is 0.842. The maximum atomic E-state index is 9.15. The lowest BCUT2D eigenvalue weighted by Gasteiger charge is -2.32. The van der Waals surface area contributed by atoms with Crippen LogP contribution in [0.4, 0.5) is 0 Å². The van der Waals surface area contributed by atoms with Crippen molar-refractivity contribution in [1.29, 1.82) is 0 Å². The fraction of sp³-hybridized carbons (Fsp3) is 0.600. The second kappa shape index (κ2) is 6.21. The molecule has 1 heterocycles. The molecular formula is C15H23NO2. The average Bonchev–Trinajstić information content (AvgIpc) is 2.38. The largest absolute Gasteiger partial charge is 0.493 e. The van der Waals surface area contributed by atoms with E-state index in [9.17, 15) is 0 Å². The molecule has 0 bridgehead atoms. The highest BCUT2D eigenvalue weighted by Crippen LogP contribution is 2.32. The Morgan fingerprint density at radius 3 is 2.89 bits per heavy atom. The van der Waals surface area contributed by atoms with Crippen molar-refractivity contribution in [1.82, 2.24) is 5.32 Å². The van der Waals surface area contributed by atoms with Crippen LogP contribution < -0.4 is 10.1 Å². The van der Waals surface area contributed by atoms with Crippen LogP contribution in [0.15, 0.2) is 24.3 Å². The summed E-state index contributed by atoms with van der Waals surface area (Å²) in [5.41, 5.74) is 1.24. The molecule has 1 aromatic rings. The molecule has 100 valence electrons. The fourth-order valence-electron chi connectivity index (χ4n) is 2.52. The van der Waals surface area contributed by atoms with Gasteiger partial charge in [0.1, 0.15) is 5.75 Å². The molecule has 18 heavy (non-hydrogen) atoms. The van der Waals surface area contributed by atoms with Crippen molar-refractivity contribution in [2.75, 3.05) is 13.2 Å². The van der Waals surface area contributed by atoms with Crippen LogP contribution in [0.3, 0.4) is 0 Å². The molecule has 1 aliphatic rings. The second-order valence-corrected chi connectivity index (χ2v) is 5.26. The molecule has 0 saturated carbocycles. The van der Waals surface area contributed by atoms with Crippen molar-refractivity contribution in [2.24, 2.45) is 5.92 Å². The van der Waals surface area contributed by atoms with Gasteiger partial charge in [-0.3, -0.25) is 0 Å². The zero-order valence-electron chi connectivity index (χ0n) is 11.2. The highest BCUT2D eigenvalue weighted by Gasteiger charge is 2.24. The van der Waals surface area contributed by atoms with Gasteiger partial charge in [-0.2, -0.15) is 0 Å². The molecule has 0 radical (unpaired) electrons. The number of benzene rings is 1. The van der Waals surface area contributed by atoms with Crippen LogP contribution in [0.25, 0.3) is 0 Å². The Balaban J connectivity index is 2.10. The van der Waals surface area contributed by atoms with Crippen molar-refractivity contribution >= 4 is 0 Å². The van der Waals surface area contributed by atoms with Crippen molar-refractivity contribution in [3.05, 3.63) is 29.8 Å². The van der Waals surface area contributed by atoms with Gasteiger partial charge in [0.2, 0.25) is 0 Å². The van der Waals surface area contributed by atoms with E-state index in [1.807, 2.05) is 12.1 Å². The first-order valence-electron chi connectivity index (χ1n) is 6.81. The highest BCUT2D eigenvalue weighted by molar-refractivity contribution is 5.37. The summed E-state index contributed by atoms with van der Waals surface area (Å²) >= 11 is 0. The summed E-state index contributed by atoms with van der Waals surface area (Å²) in [6, 6.07) is 8.91. The molecule has 0 amide bonds. The summed E-state index contributed by atoms with van der Waals surface area (Å²) in [6.45, 7) is 5.39. The number of ether oxygens (including phenoxy) is 1. The molecular weight excluding hydrogens is 226 g/mol. The number of aliphatic hydroxyl groups is 1. The Hall–Kier alpha value is -1.06. The van der Waals surface area contributed by atoms with Gasteiger partial charge in [-0.1, -0.05) is 32.0 Å². The van der Waals surface area contributed by atoms with Gasteiger partial charge in [0, 0.05) is 30.7 Å². The third-order valence-electron chi connectivity index (χ3n) is 3.62. The Morgan fingerprint density at radius 1 is 1.39 bits per heavy atom. The first kappa shape index (κ1) is 13.4. The molecule has 1 aliphatic heterocycles. The van der Waals surface area contributed by atoms with Crippen LogP contribution in [0.5, 0.6) is 5.75 Å². The summed E-state index contributed by atoms with van der Waals surface area (Å²) in [5, 5.41) is 12.8. The SMILES string of the molecule is CC(C)C(CCO)NC1CCOc2ccccc21. The number of nitrogens with one attached hydrogen (secondary N) is 1. The summed E-state index contributed by atoms with van der Waals surface area (Å²) < 4.78 is 5.67. The van der Waals surface area contributed by atoms with E-state index in [2.05, 4.69) is 31.3 Å². The molecule has 2 rings (SSSR count). The van der Waals surface area contributed by atoms with Gasteiger partial charge < -0.3 is 15.2 Å². The normalized spacial score (nSPS) is 20.3. The molecule has 2 N–H and O–H groups in total. The van der Waals surface area contributed by atoms with Gasteiger partial charge in [0.05, 0.1) is 6.61 Å². The van der Waals surface area contributed by atoms with Gasteiger partial charge in [0.25, 0.3) is 0 Å². The van der Waals surface area contributed by atoms with Crippen molar-refractivity contribution < 1.29 is 9.84 Å². The van der Waals surface area contributed by atoms with Crippen LogP contribution in [0.2, 0.25) is 0 Å². The third-order valence-corrected chi connectivity index (χ3v) is 3.62. The highest BCUT2D eigenvalue weighted by atomic mass is 16.5. The predicted octanol–water partition coefficient (Wildman–Crippen LogP) is 2.51. The molecule has 0 aliphatic carbocycles. The second-order valence-electron chi connectivity index (χ2n) is 5.26. The minimum absolute atomic E-state index is 0.237. The lowest BCUT2D eigenvalue weighted by atomic mass is 9.95. The summed E-state index contributed by atoms with van der Waals surface area (Å²) in [6.07, 6.45) is 1.79. The monoisotopic (exact) mass is 249 g/mol. The number of aliphatic hydroxyl groups excluding tert-OH is 1. The molecule has 0 spiro atoms. The maximum Gasteiger partial charge on any atom is 0.124 e. The van der Waals surface area contributed by atoms with Crippen LogP contribution in [-0.2, 0) is 0 Å². The molecule has 3 nitrogen and oxygen atoms in total. The third kappa shape index (κ3) is 3.03. The van der Waals surface area contributed by atoms with Crippen LogP contribution in [-0.4, -0.2) is 24.4 Å². The standard InChI is InChI=1S/C15H23NO2/c1-11(2)13(7-9-17)16-14-8-10-18-15-6-4-3-5-12(14)15/h3-6,11,13-14,16-17H,7-10H2,1-2H3. The van der Waals surface area contributed by atoms with Crippen LogP contribution in [0.1, 0.15) is 38.3 Å². The number of para-hydroxylation sites is 1. The van der Waals surface area contributed by atoms with Gasteiger partial charge in [0.15, 0.2) is 0 Å². The van der Waals surface area contributed by atoms with Crippen LogP contribution >= 0.6 is 0 Å². The van der Waals surface area contributed by atoms with E-state index in [4.69, 9.17) is 9.84 Å². The smallest absolute Gasteiger partial charge is 0.124 e. The van der Waals surface area contributed by atoms with Gasteiger partial charge in [-0.05, 0) is 18.4 Å². The Morgan fingerprint density at radius 2 is 2.17 bits per heavy atom. The first-order valence-corrected chi connectivity index (χ1v) is 6.81. The molecule has 0 saturated heterocycles. The summed E-state index contributed by atoms with van der Waals surface area (Å²) in [4.78, 5) is 0. The summed E-state index contributed by atoms with van der Waals surface area (Å²) in [5.74, 6) is 1.51. The van der Waals surface area contributed by atoms with Gasteiger partial charge >= 0.3 is 0 Å². The van der Waals surface area contributed by atoms with Gasteiger partial charge in [-0.15, -0.1) is 0 Å². The molecule has 1 aromatic carbocycles. The van der Waals surface area contributed by atoms with E-state index in [1.165, 1.54) is 5.56 Å². The number of hydrogen-bond donors (Lipinski definition) is 2. The minimum atomic E-state index is 0.237. The van der Waals surface area contributed by atoms with E-state index >= 15 is 0 Å². The fourth-order valence-corrected chi connectivity index (χ4v) is 2.52. The van der Waals surface area contributed by atoms with Crippen LogP contribution in [0, 0.1) is 5.92 Å². The average molecular weight is 249 g/mol. The van der Waals surface area contributed by atoms with E-state index in [0.717, 1.165) is 25.2 Å². The Labute approximate surface area is 109 Å². The van der Waals surface area contributed by atoms with E-state index in [1.54, 1.807) is 0 Å². The molecule has 0 fully saturated rings. The Bertz CT molecular complexity index is 379. The topological polar surface area (TPSA) is 41.5 Å². The summed E-state index contributed by atoms with van der Waals surface area (Å²) in [7, 11) is 0. The number of rotatable bonds is 5. The molecule has 0 aromatic heterocycles. The van der Waals surface area contributed by atoms with E-state index < -0.39 is 0 Å². The zero-order valence-corrected chi connectivity index (χ0v) is 11.2. The minimum Gasteiger partial charge on any atom is -0.493 e. The van der Waals surface area contributed by atoms with E-state index in [0.29, 0.717) is 18.0 Å². The number of hydrogen-bond acceptors (Lipinski definition) is 3. The lowest BCUT2D eigenvalue weighted by molar-refractivity contribution is 0.206. The lowest BCUT2D eigenvalue weighted by Crippen LogP contribution is -2.39. The van der Waals surface area contributed by atoms with Gasteiger partial charge in [-0.25, -0.2) is 0 Å². The maximum absolute atomic E-state index is 9.15. The van der Waals surface area contributed by atoms with Crippen molar-refractivity contribution in [2.45, 2.75) is 38.8 Å².